The van der Waals surface area contributed by atoms with Gasteiger partial charge in [0.15, 0.2) is 0 Å². The third-order valence-electron chi connectivity index (χ3n) is 3.09. The second kappa shape index (κ2) is 7.48. The molecule has 1 rings (SSSR count). The van der Waals surface area contributed by atoms with Gasteiger partial charge in [0.25, 0.3) is 0 Å². The van der Waals surface area contributed by atoms with Gasteiger partial charge < -0.3 is 15.0 Å². The van der Waals surface area contributed by atoms with Gasteiger partial charge in [-0.1, -0.05) is 63.4 Å². The quantitative estimate of drug-likeness (QED) is 0.333. The largest absolute Gasteiger partial charge is 0.416 e. The fourth-order valence-electron chi connectivity index (χ4n) is 1.98. The first-order chi connectivity index (χ1) is 7.95. The van der Waals surface area contributed by atoms with Gasteiger partial charge in [-0.05, 0) is 18.4 Å². The highest BCUT2D eigenvalue weighted by atomic mass is 127. The van der Waals surface area contributed by atoms with Crippen LogP contribution in [0.1, 0.15) is 32.6 Å². The molecule has 1 unspecified atom stereocenters. The van der Waals surface area contributed by atoms with E-state index in [0.717, 1.165) is 38.9 Å². The summed E-state index contributed by atoms with van der Waals surface area (Å²) in [7, 11) is 0. The zero-order valence-electron chi connectivity index (χ0n) is 10.1. The fraction of sp³-hybridized carbons (Fsp3) is 0.900. The van der Waals surface area contributed by atoms with Crippen molar-refractivity contribution in [3.05, 3.63) is 0 Å². The van der Waals surface area contributed by atoms with Crippen molar-refractivity contribution in [1.29, 1.82) is 0 Å². The molecule has 2 N–H and O–H groups in total. The molecule has 0 saturated carbocycles. The molecule has 0 bridgehead atoms. The van der Waals surface area contributed by atoms with E-state index >= 15 is 0 Å². The Kier molecular flexibility index (Phi) is 7.03. The van der Waals surface area contributed by atoms with E-state index in [9.17, 15) is 9.59 Å². The minimum absolute atomic E-state index is 0.0476. The number of unbranched alkanes of at least 4 members (excludes halogenated alkanes) is 1. The van der Waals surface area contributed by atoms with Crippen LogP contribution in [0.25, 0.3) is 0 Å². The number of hydrogen-bond donors (Lipinski definition) is 2. The van der Waals surface area contributed by atoms with Crippen LogP contribution in [0.2, 0.25) is 5.54 Å². The predicted octanol–water partition coefficient (Wildman–Crippen LogP) is 2.76. The second-order valence-electron chi connectivity index (χ2n) is 4.43. The maximum atomic E-state index is 11.4. The maximum absolute atomic E-state index is 11.4. The van der Waals surface area contributed by atoms with Crippen LogP contribution in [0.4, 0.5) is 4.79 Å². The zero-order valence-corrected chi connectivity index (χ0v) is 15.4. The van der Waals surface area contributed by atoms with E-state index in [2.05, 4.69) is 55.8 Å². The highest BCUT2D eigenvalue weighted by Crippen LogP contribution is 2.38. The molecule has 4 nitrogen and oxygen atoms in total. The highest BCUT2D eigenvalue weighted by molar-refractivity contribution is 14.3. The SMILES string of the molecule is CCCCC(CCN1CCNC1=O)[Si](O)(I)I. The molecule has 1 atom stereocenters. The fourth-order valence-corrected chi connectivity index (χ4v) is 6.74. The predicted molar refractivity (Wildman–Crippen MR) is 88.9 cm³/mol. The van der Waals surface area contributed by atoms with Crippen molar-refractivity contribution in [2.24, 2.45) is 0 Å². The maximum Gasteiger partial charge on any atom is 0.325 e. The average molecular weight is 482 g/mol. The molecule has 1 aliphatic heterocycles. The van der Waals surface area contributed by atoms with E-state index in [1.54, 1.807) is 0 Å². The second-order valence-corrected chi connectivity index (χ2v) is 22.5. The summed E-state index contributed by atoms with van der Waals surface area (Å²) in [5.41, 5.74) is 0.386. The summed E-state index contributed by atoms with van der Waals surface area (Å²) in [6.45, 7) is 4.52. The Balaban J connectivity index is 2.40. The normalized spacial score (nSPS) is 18.4. The van der Waals surface area contributed by atoms with Crippen LogP contribution in [0, 0.1) is 0 Å². The molecule has 1 saturated heterocycles. The number of nitrogens with one attached hydrogen (secondary N) is 1. The Labute approximate surface area is 129 Å². The van der Waals surface area contributed by atoms with Crippen molar-refractivity contribution in [2.45, 2.75) is 38.1 Å². The highest BCUT2D eigenvalue weighted by Gasteiger charge is 2.35. The van der Waals surface area contributed by atoms with E-state index in [4.69, 9.17) is 0 Å². The Bertz CT molecular complexity index is 261. The molecule has 1 aliphatic rings. The smallest absolute Gasteiger partial charge is 0.325 e. The standard InChI is InChI=1S/C10H20I2N2O2Si/c1-2-3-4-9(17(11,12)16)5-7-14-8-6-13-10(14)15/h9,16H,2-8H2,1H3,(H,13,15). The van der Waals surface area contributed by atoms with Crippen LogP contribution < -0.4 is 5.32 Å². The molecule has 17 heavy (non-hydrogen) atoms. The summed E-state index contributed by atoms with van der Waals surface area (Å²) in [5, 5.41) is 2.81. The van der Waals surface area contributed by atoms with Gasteiger partial charge in [0.1, 0.15) is 0 Å². The number of carbonyl (C=O) groups is 1. The first-order valence-corrected chi connectivity index (χ1v) is 14.3. The van der Waals surface area contributed by atoms with Crippen LogP contribution >= 0.6 is 43.6 Å². The molecular formula is C10H20I2N2O2Si. The van der Waals surface area contributed by atoms with E-state index in [1.807, 2.05) is 4.90 Å². The number of rotatable bonds is 7. The summed E-state index contributed by atoms with van der Waals surface area (Å²) in [5.74, 6) is 0. The molecule has 0 aromatic heterocycles. The zero-order chi connectivity index (χ0) is 12.9. The Morgan fingerprint density at radius 1 is 1.53 bits per heavy atom. The molecule has 0 aromatic rings. The van der Waals surface area contributed by atoms with Crippen LogP contribution in [0.5, 0.6) is 0 Å². The lowest BCUT2D eigenvalue weighted by Crippen LogP contribution is -2.33. The van der Waals surface area contributed by atoms with Crippen LogP contribution in [-0.2, 0) is 0 Å². The van der Waals surface area contributed by atoms with Crippen molar-refractivity contribution in [3.8, 4) is 0 Å². The third-order valence-corrected chi connectivity index (χ3v) is 9.93. The summed E-state index contributed by atoms with van der Waals surface area (Å²) in [4.78, 5) is 23.5. The molecular weight excluding hydrogens is 462 g/mol. The monoisotopic (exact) mass is 482 g/mol. The Morgan fingerprint density at radius 2 is 2.24 bits per heavy atom. The first-order valence-electron chi connectivity index (χ1n) is 6.08. The Hall–Kier alpha value is 0.907. The number of amides is 2. The van der Waals surface area contributed by atoms with Crippen molar-refractivity contribution in [3.63, 3.8) is 0 Å². The summed E-state index contributed by atoms with van der Waals surface area (Å²) in [6, 6.07) is 0.0476. The molecule has 100 valence electrons. The summed E-state index contributed by atoms with van der Waals surface area (Å²) < 4.78 is -2.14. The van der Waals surface area contributed by atoms with Gasteiger partial charge in [-0.3, -0.25) is 0 Å². The van der Waals surface area contributed by atoms with Crippen LogP contribution in [-0.4, -0.2) is 38.7 Å². The van der Waals surface area contributed by atoms with Crippen molar-refractivity contribution >= 4 is 52.9 Å². The number of urea groups is 1. The van der Waals surface area contributed by atoms with Gasteiger partial charge in [0.2, 0.25) is 0 Å². The Morgan fingerprint density at radius 3 is 2.71 bits per heavy atom. The van der Waals surface area contributed by atoms with E-state index in [0.29, 0.717) is 5.54 Å². The lowest BCUT2D eigenvalue weighted by atomic mass is 10.1. The number of nitrogens with zero attached hydrogens (tertiary/aromatic N) is 1. The minimum atomic E-state index is -2.14. The first kappa shape index (κ1) is 16.0. The van der Waals surface area contributed by atoms with Crippen LogP contribution in [0.15, 0.2) is 0 Å². The van der Waals surface area contributed by atoms with E-state index in [-0.39, 0.29) is 6.03 Å². The van der Waals surface area contributed by atoms with Gasteiger partial charge in [-0.2, -0.15) is 0 Å². The van der Waals surface area contributed by atoms with Crippen LogP contribution in [0.3, 0.4) is 0 Å². The number of hydrogen-bond acceptors (Lipinski definition) is 2. The molecule has 0 radical (unpaired) electrons. The lowest BCUT2D eigenvalue weighted by molar-refractivity contribution is 0.216. The van der Waals surface area contributed by atoms with Gasteiger partial charge in [0.05, 0.1) is 0 Å². The number of carbonyl (C=O) groups excluding carboxylic acids is 1. The summed E-state index contributed by atoms with van der Waals surface area (Å²) >= 11 is 4.46. The topological polar surface area (TPSA) is 52.6 Å². The third kappa shape index (κ3) is 5.60. The molecule has 7 heteroatoms. The number of halogens is 2. The van der Waals surface area contributed by atoms with Gasteiger partial charge in [-0.15, -0.1) is 0 Å². The van der Waals surface area contributed by atoms with Crippen molar-refractivity contribution in [1.82, 2.24) is 10.2 Å². The molecule has 1 fully saturated rings. The van der Waals surface area contributed by atoms with Crippen molar-refractivity contribution < 1.29 is 9.59 Å². The van der Waals surface area contributed by atoms with E-state index < -0.39 is 3.31 Å². The summed E-state index contributed by atoms with van der Waals surface area (Å²) in [6.07, 6.45) is 4.35. The molecule has 1 heterocycles. The molecule has 2 amide bonds. The van der Waals surface area contributed by atoms with Crippen molar-refractivity contribution in [2.75, 3.05) is 19.6 Å². The molecule has 0 aliphatic carbocycles. The average Bonchev–Trinajstić information content (AvgIpc) is 2.62. The lowest BCUT2D eigenvalue weighted by Gasteiger charge is -2.25. The molecule has 0 spiro atoms. The molecule has 0 aromatic carbocycles. The van der Waals surface area contributed by atoms with Gasteiger partial charge >= 0.3 is 9.34 Å². The minimum Gasteiger partial charge on any atom is -0.416 e. The van der Waals surface area contributed by atoms with Gasteiger partial charge in [-0.25, -0.2) is 4.79 Å². The van der Waals surface area contributed by atoms with Gasteiger partial charge in [0, 0.05) is 19.6 Å². The van der Waals surface area contributed by atoms with E-state index in [1.165, 1.54) is 6.42 Å².